The molecule has 1 atom stereocenters. The highest BCUT2D eigenvalue weighted by molar-refractivity contribution is 7.88. The maximum atomic E-state index is 12.7. The zero-order chi connectivity index (χ0) is 15.9. The molecule has 0 aliphatic heterocycles. The van der Waals surface area contributed by atoms with Crippen LogP contribution in [0.3, 0.4) is 0 Å². The molecule has 0 saturated heterocycles. The van der Waals surface area contributed by atoms with E-state index in [1.54, 1.807) is 6.07 Å². The molecule has 1 aromatic carbocycles. The Morgan fingerprint density at radius 1 is 1.38 bits per heavy atom. The third-order valence-electron chi connectivity index (χ3n) is 2.29. The van der Waals surface area contributed by atoms with Crippen molar-refractivity contribution < 1.29 is 17.4 Å². The monoisotopic (exact) mass is 330 g/mol. The predicted octanol–water partition coefficient (Wildman–Crippen LogP) is 3.69. The minimum absolute atomic E-state index is 0.0732. The second-order valence-corrected chi connectivity index (χ2v) is 5.31. The highest BCUT2D eigenvalue weighted by Gasteiger charge is 2.31. The van der Waals surface area contributed by atoms with Gasteiger partial charge in [0.15, 0.2) is 0 Å². The quantitative estimate of drug-likeness (QED) is 0.470. The van der Waals surface area contributed by atoms with Crippen molar-refractivity contribution in [3.8, 4) is 6.07 Å². The van der Waals surface area contributed by atoms with E-state index in [1.807, 2.05) is 0 Å². The highest BCUT2D eigenvalue weighted by Crippen LogP contribution is 2.31. The number of hydrogen-bond acceptors (Lipinski definition) is 4. The molecule has 110 valence electrons. The van der Waals surface area contributed by atoms with Crippen molar-refractivity contribution in [2.24, 2.45) is 4.99 Å². The molecule has 0 fully saturated rings. The number of aliphatic imine (C=N–C) groups is 1. The number of alkyl halides is 3. The lowest BCUT2D eigenvalue weighted by Crippen LogP contribution is -2.06. The maximum Gasteiger partial charge on any atom is 0.416 e. The first-order valence-corrected chi connectivity index (χ1v) is 7.24. The van der Waals surface area contributed by atoms with Crippen LogP contribution in [0.1, 0.15) is 17.5 Å². The van der Waals surface area contributed by atoms with Crippen LogP contribution in [0.5, 0.6) is 0 Å². The van der Waals surface area contributed by atoms with Gasteiger partial charge >= 0.3 is 6.18 Å². The van der Waals surface area contributed by atoms with E-state index in [-0.39, 0.29) is 10.5 Å². The van der Waals surface area contributed by atoms with Crippen molar-refractivity contribution in [1.82, 2.24) is 0 Å². The smallest absolute Gasteiger partial charge is 0.250 e. The second-order valence-electron chi connectivity index (χ2n) is 3.79. The number of nitrogens with zero attached hydrogens (tertiary/aromatic N) is 2. The Hall–Kier alpha value is -1.81. The van der Waals surface area contributed by atoms with Gasteiger partial charge in [-0.05, 0) is 36.8 Å². The molecule has 0 N–H and O–H groups in total. The van der Waals surface area contributed by atoms with E-state index in [0.29, 0.717) is 13.0 Å². The van der Waals surface area contributed by atoms with E-state index in [4.69, 9.17) is 5.26 Å². The third-order valence-corrected chi connectivity index (χ3v) is 3.56. The predicted molar refractivity (Wildman–Crippen MR) is 76.2 cm³/mol. The summed E-state index contributed by atoms with van der Waals surface area (Å²) in [6.07, 6.45) is -2.62. The van der Waals surface area contributed by atoms with Gasteiger partial charge in [-0.1, -0.05) is 6.08 Å². The van der Waals surface area contributed by atoms with Crippen LogP contribution < -0.4 is 0 Å². The number of thiocarbonyl (C=S) groups is 1. The summed E-state index contributed by atoms with van der Waals surface area (Å²) in [5, 5.41) is 12.2. The van der Waals surface area contributed by atoms with Gasteiger partial charge in [-0.25, -0.2) is 9.20 Å². The molecule has 0 radical (unpaired) electrons. The Labute approximate surface area is 127 Å². The second kappa shape index (κ2) is 7.84. The average Bonchev–Trinajstić information content (AvgIpc) is 2.45. The Morgan fingerprint density at radius 2 is 2.10 bits per heavy atom. The summed E-state index contributed by atoms with van der Waals surface area (Å²) in [6.45, 7) is 0.364. The molecule has 0 spiro atoms. The van der Waals surface area contributed by atoms with Gasteiger partial charge in [0.25, 0.3) is 0 Å². The minimum Gasteiger partial charge on any atom is -0.250 e. The summed E-state index contributed by atoms with van der Waals surface area (Å²) in [7, 11) is -1.77. The number of rotatable bonds is 5. The van der Waals surface area contributed by atoms with Gasteiger partial charge in [0, 0.05) is 10.3 Å². The molecule has 0 aliphatic carbocycles. The Bertz CT molecular complexity index is 656. The van der Waals surface area contributed by atoms with Gasteiger partial charge in [0.1, 0.15) is 0 Å². The van der Waals surface area contributed by atoms with E-state index in [1.165, 1.54) is 17.6 Å². The van der Waals surface area contributed by atoms with E-state index in [9.17, 15) is 17.4 Å². The molecule has 0 aromatic heterocycles. The number of benzene rings is 1. The molecule has 1 unspecified atom stereocenters. The molecular weight excluding hydrogens is 321 g/mol. The summed E-state index contributed by atoms with van der Waals surface area (Å²) in [5.41, 5.74) is -1.18. The largest absolute Gasteiger partial charge is 0.416 e. The summed E-state index contributed by atoms with van der Waals surface area (Å²) in [6, 6.07) is 4.29. The summed E-state index contributed by atoms with van der Waals surface area (Å²) < 4.78 is 50.0. The van der Waals surface area contributed by atoms with Crippen molar-refractivity contribution in [2.45, 2.75) is 17.5 Å². The van der Waals surface area contributed by atoms with Crippen LogP contribution in [0.4, 0.5) is 13.2 Å². The fourth-order valence-corrected chi connectivity index (χ4v) is 2.41. The fraction of sp³-hybridized carbons (Fsp3) is 0.231. The first kappa shape index (κ1) is 17.2. The third kappa shape index (κ3) is 5.60. The average molecular weight is 330 g/mol. The van der Waals surface area contributed by atoms with Crippen LogP contribution in [0, 0.1) is 11.3 Å². The molecule has 0 amide bonds. The van der Waals surface area contributed by atoms with Gasteiger partial charge in [-0.15, -0.1) is 0 Å². The van der Waals surface area contributed by atoms with Crippen LogP contribution in [-0.4, -0.2) is 15.9 Å². The van der Waals surface area contributed by atoms with Gasteiger partial charge in [-0.2, -0.15) is 18.4 Å². The van der Waals surface area contributed by atoms with E-state index in [2.05, 4.69) is 22.4 Å². The van der Waals surface area contributed by atoms with E-state index >= 15 is 0 Å². The molecule has 3 nitrogen and oxygen atoms in total. The van der Waals surface area contributed by atoms with Crippen LogP contribution in [0.25, 0.3) is 0 Å². The Balaban J connectivity index is 2.99. The lowest BCUT2D eigenvalue weighted by atomic mass is 10.1. The van der Waals surface area contributed by atoms with E-state index in [0.717, 1.165) is 12.1 Å². The molecular formula is C13H9F3N2OS2. The topological polar surface area (TPSA) is 53.2 Å². The zero-order valence-electron chi connectivity index (χ0n) is 10.6. The van der Waals surface area contributed by atoms with Crippen molar-refractivity contribution in [3.63, 3.8) is 0 Å². The fourth-order valence-electron chi connectivity index (χ4n) is 1.36. The van der Waals surface area contributed by atoms with Crippen LogP contribution >= 0.6 is 12.2 Å². The SMILES string of the molecule is N#Cc1cc(S(=O)C=CCCN=C=S)cc(C(F)(F)F)c1. The summed E-state index contributed by atoms with van der Waals surface area (Å²) in [4.78, 5) is 3.56. The van der Waals surface area contributed by atoms with Crippen molar-refractivity contribution in [3.05, 3.63) is 40.8 Å². The Kier molecular flexibility index (Phi) is 6.43. The van der Waals surface area contributed by atoms with Gasteiger partial charge in [-0.3, -0.25) is 0 Å². The summed E-state index contributed by atoms with van der Waals surface area (Å²) in [5.74, 6) is 0. The van der Waals surface area contributed by atoms with Crippen molar-refractivity contribution in [2.75, 3.05) is 6.54 Å². The van der Waals surface area contributed by atoms with Gasteiger partial charge in [0.05, 0.1) is 39.7 Å². The summed E-state index contributed by atoms with van der Waals surface area (Å²) >= 11 is 4.37. The lowest BCUT2D eigenvalue weighted by molar-refractivity contribution is -0.137. The number of isothiocyanates is 1. The molecule has 0 saturated carbocycles. The van der Waals surface area contributed by atoms with Gasteiger partial charge < -0.3 is 0 Å². The molecule has 1 rings (SSSR count). The Morgan fingerprint density at radius 3 is 2.67 bits per heavy atom. The first-order valence-electron chi connectivity index (χ1n) is 5.61. The minimum atomic E-state index is -4.59. The van der Waals surface area contributed by atoms with E-state index < -0.39 is 22.5 Å². The molecule has 21 heavy (non-hydrogen) atoms. The molecule has 0 aliphatic rings. The van der Waals surface area contributed by atoms with Crippen molar-refractivity contribution >= 4 is 28.2 Å². The first-order chi connectivity index (χ1) is 9.88. The molecule has 1 aromatic rings. The highest BCUT2D eigenvalue weighted by atomic mass is 32.2. The van der Waals surface area contributed by atoms with Crippen LogP contribution in [-0.2, 0) is 17.0 Å². The number of nitriles is 1. The number of halogens is 3. The molecule has 0 heterocycles. The lowest BCUT2D eigenvalue weighted by Gasteiger charge is -2.08. The standard InChI is InChI=1S/C13H9F3N2OS2/c14-13(15,16)11-5-10(8-17)6-12(7-11)21(19)4-2-1-3-18-9-20/h2,4-7H,1,3H2. The normalized spacial score (nSPS) is 12.7. The van der Waals surface area contributed by atoms with Crippen LogP contribution in [0.15, 0.2) is 39.6 Å². The van der Waals surface area contributed by atoms with Crippen LogP contribution in [0.2, 0.25) is 0 Å². The van der Waals surface area contributed by atoms with Gasteiger partial charge in [0.2, 0.25) is 0 Å². The van der Waals surface area contributed by atoms with Crippen molar-refractivity contribution in [1.29, 1.82) is 5.26 Å². The molecule has 0 bridgehead atoms. The maximum absolute atomic E-state index is 12.7. The molecule has 8 heteroatoms. The zero-order valence-corrected chi connectivity index (χ0v) is 12.2. The number of hydrogen-bond donors (Lipinski definition) is 0.